The number of methoxy groups -OCH3 is 1. The van der Waals surface area contributed by atoms with Crippen molar-refractivity contribution in [3.05, 3.63) is 36.7 Å². The molecule has 4 nitrogen and oxygen atoms in total. The van der Waals surface area contributed by atoms with Gasteiger partial charge in [0.1, 0.15) is 5.75 Å². The number of hydrogen-bond donors (Lipinski definition) is 1. The van der Waals surface area contributed by atoms with Crippen LogP contribution < -0.4 is 10.1 Å². The maximum atomic E-state index is 5.26. The lowest BCUT2D eigenvalue weighted by Crippen LogP contribution is -1.95. The van der Waals surface area contributed by atoms with Crippen LogP contribution in [0.25, 0.3) is 11.4 Å². The Morgan fingerprint density at radius 1 is 1.12 bits per heavy atom. The zero-order valence-corrected chi connectivity index (χ0v) is 9.27. The SMILES string of the molecule is CNc1cnc(-c2ccccc2OC)nc1. The molecule has 0 amide bonds. The first-order chi connectivity index (χ1) is 7.85. The monoisotopic (exact) mass is 215 g/mol. The minimum atomic E-state index is 0.663. The highest BCUT2D eigenvalue weighted by molar-refractivity contribution is 5.64. The molecular formula is C12H13N3O. The van der Waals surface area contributed by atoms with Crippen LogP contribution in [0.3, 0.4) is 0 Å². The van der Waals surface area contributed by atoms with Crippen molar-refractivity contribution < 1.29 is 4.74 Å². The summed E-state index contributed by atoms with van der Waals surface area (Å²) in [4.78, 5) is 8.55. The number of hydrogen-bond acceptors (Lipinski definition) is 4. The number of anilines is 1. The topological polar surface area (TPSA) is 47.0 Å². The molecule has 0 saturated heterocycles. The van der Waals surface area contributed by atoms with E-state index in [-0.39, 0.29) is 0 Å². The molecule has 0 saturated carbocycles. The van der Waals surface area contributed by atoms with Gasteiger partial charge in [-0.25, -0.2) is 9.97 Å². The molecule has 2 rings (SSSR count). The minimum absolute atomic E-state index is 0.663. The standard InChI is InChI=1S/C12H13N3O/c1-13-9-7-14-12(15-8-9)10-5-3-4-6-11(10)16-2/h3-8,13H,1-2H3. The Morgan fingerprint density at radius 2 is 1.81 bits per heavy atom. The molecule has 2 aromatic rings. The second-order valence-electron chi connectivity index (χ2n) is 3.25. The minimum Gasteiger partial charge on any atom is -0.496 e. The Balaban J connectivity index is 2.42. The van der Waals surface area contributed by atoms with Crippen LogP contribution in [0.5, 0.6) is 5.75 Å². The van der Waals surface area contributed by atoms with Gasteiger partial charge in [0.05, 0.1) is 30.8 Å². The average Bonchev–Trinajstić information content (AvgIpc) is 2.39. The van der Waals surface area contributed by atoms with Crippen molar-refractivity contribution in [2.24, 2.45) is 0 Å². The number of nitrogens with one attached hydrogen (secondary N) is 1. The van der Waals surface area contributed by atoms with Gasteiger partial charge in [0, 0.05) is 7.05 Å². The van der Waals surface area contributed by atoms with E-state index in [4.69, 9.17) is 4.74 Å². The van der Waals surface area contributed by atoms with Crippen LogP contribution in [0.1, 0.15) is 0 Å². The van der Waals surface area contributed by atoms with Gasteiger partial charge in [0.15, 0.2) is 5.82 Å². The van der Waals surface area contributed by atoms with Gasteiger partial charge in [-0.1, -0.05) is 12.1 Å². The molecule has 0 bridgehead atoms. The van der Waals surface area contributed by atoms with Crippen molar-refractivity contribution in [1.29, 1.82) is 0 Å². The van der Waals surface area contributed by atoms with Gasteiger partial charge in [-0.05, 0) is 12.1 Å². The molecule has 16 heavy (non-hydrogen) atoms. The molecule has 0 atom stereocenters. The van der Waals surface area contributed by atoms with Gasteiger partial charge in [0.2, 0.25) is 0 Å². The lowest BCUT2D eigenvalue weighted by atomic mass is 10.2. The fourth-order valence-electron chi connectivity index (χ4n) is 1.43. The molecule has 1 aromatic carbocycles. The smallest absolute Gasteiger partial charge is 0.163 e. The largest absolute Gasteiger partial charge is 0.496 e. The summed E-state index contributed by atoms with van der Waals surface area (Å²) in [6.07, 6.45) is 3.49. The van der Waals surface area contributed by atoms with E-state index in [0.29, 0.717) is 5.82 Å². The number of nitrogens with zero attached hydrogens (tertiary/aromatic N) is 2. The second kappa shape index (κ2) is 4.61. The molecule has 0 spiro atoms. The number of rotatable bonds is 3. The van der Waals surface area contributed by atoms with Crippen molar-refractivity contribution in [3.63, 3.8) is 0 Å². The Morgan fingerprint density at radius 3 is 2.44 bits per heavy atom. The normalized spacial score (nSPS) is 9.88. The van der Waals surface area contributed by atoms with Gasteiger partial charge >= 0.3 is 0 Å². The highest BCUT2D eigenvalue weighted by atomic mass is 16.5. The molecule has 0 radical (unpaired) electrons. The van der Waals surface area contributed by atoms with Crippen molar-refractivity contribution in [2.75, 3.05) is 19.5 Å². The molecule has 1 N–H and O–H groups in total. The van der Waals surface area contributed by atoms with E-state index in [1.54, 1.807) is 19.5 Å². The summed E-state index contributed by atoms with van der Waals surface area (Å²) in [6, 6.07) is 7.69. The van der Waals surface area contributed by atoms with Crippen LogP contribution in [0.2, 0.25) is 0 Å². The lowest BCUT2D eigenvalue weighted by molar-refractivity contribution is 0.416. The van der Waals surface area contributed by atoms with Gasteiger partial charge in [-0.3, -0.25) is 0 Å². The van der Waals surface area contributed by atoms with Gasteiger partial charge in [-0.15, -0.1) is 0 Å². The summed E-state index contributed by atoms with van der Waals surface area (Å²) >= 11 is 0. The zero-order valence-electron chi connectivity index (χ0n) is 9.27. The summed E-state index contributed by atoms with van der Waals surface area (Å²) in [5.74, 6) is 1.44. The number of benzene rings is 1. The van der Waals surface area contributed by atoms with E-state index in [1.165, 1.54) is 0 Å². The molecule has 0 aliphatic rings. The number of aromatic nitrogens is 2. The van der Waals surface area contributed by atoms with Crippen LogP contribution in [-0.2, 0) is 0 Å². The van der Waals surface area contributed by atoms with E-state index in [0.717, 1.165) is 17.0 Å². The summed E-state index contributed by atoms with van der Waals surface area (Å²) in [6.45, 7) is 0. The predicted octanol–water partition coefficient (Wildman–Crippen LogP) is 2.19. The second-order valence-corrected chi connectivity index (χ2v) is 3.25. The fourth-order valence-corrected chi connectivity index (χ4v) is 1.43. The Bertz CT molecular complexity index is 468. The Labute approximate surface area is 94.3 Å². The zero-order chi connectivity index (χ0) is 11.4. The molecule has 0 fully saturated rings. The Kier molecular flexibility index (Phi) is 3.00. The molecule has 1 aromatic heterocycles. The first kappa shape index (κ1) is 10.4. The predicted molar refractivity (Wildman–Crippen MR) is 63.6 cm³/mol. The van der Waals surface area contributed by atoms with E-state index < -0.39 is 0 Å². The van der Waals surface area contributed by atoms with Crippen molar-refractivity contribution in [2.45, 2.75) is 0 Å². The third-order valence-electron chi connectivity index (χ3n) is 2.29. The summed E-state index contributed by atoms with van der Waals surface area (Å²) in [5, 5.41) is 2.98. The summed E-state index contributed by atoms with van der Waals surface area (Å²) in [5.41, 5.74) is 1.78. The van der Waals surface area contributed by atoms with E-state index in [2.05, 4.69) is 15.3 Å². The van der Waals surface area contributed by atoms with Crippen LogP contribution in [0, 0.1) is 0 Å². The summed E-state index contributed by atoms with van der Waals surface area (Å²) < 4.78 is 5.26. The molecule has 4 heteroatoms. The maximum Gasteiger partial charge on any atom is 0.163 e. The third kappa shape index (κ3) is 1.95. The molecular weight excluding hydrogens is 202 g/mol. The number of ether oxygens (including phenoxy) is 1. The van der Waals surface area contributed by atoms with E-state index in [9.17, 15) is 0 Å². The molecule has 1 heterocycles. The van der Waals surface area contributed by atoms with Crippen LogP contribution >= 0.6 is 0 Å². The van der Waals surface area contributed by atoms with E-state index in [1.807, 2.05) is 31.3 Å². The average molecular weight is 215 g/mol. The molecule has 82 valence electrons. The third-order valence-corrected chi connectivity index (χ3v) is 2.29. The van der Waals surface area contributed by atoms with Crippen molar-refractivity contribution in [1.82, 2.24) is 9.97 Å². The quantitative estimate of drug-likeness (QED) is 0.852. The van der Waals surface area contributed by atoms with Crippen molar-refractivity contribution >= 4 is 5.69 Å². The first-order valence-electron chi connectivity index (χ1n) is 4.98. The Hall–Kier alpha value is -2.10. The van der Waals surface area contributed by atoms with Crippen LogP contribution in [-0.4, -0.2) is 24.1 Å². The number of para-hydroxylation sites is 1. The van der Waals surface area contributed by atoms with Gasteiger partial charge in [0.25, 0.3) is 0 Å². The fraction of sp³-hybridized carbons (Fsp3) is 0.167. The summed E-state index contributed by atoms with van der Waals surface area (Å²) in [7, 11) is 3.47. The van der Waals surface area contributed by atoms with Gasteiger partial charge in [-0.2, -0.15) is 0 Å². The molecule has 0 aliphatic heterocycles. The molecule has 0 unspecified atom stereocenters. The van der Waals surface area contributed by atoms with Crippen LogP contribution in [0.4, 0.5) is 5.69 Å². The highest BCUT2D eigenvalue weighted by Crippen LogP contribution is 2.26. The first-order valence-corrected chi connectivity index (χ1v) is 4.98. The molecule has 0 aliphatic carbocycles. The highest BCUT2D eigenvalue weighted by Gasteiger charge is 2.06. The van der Waals surface area contributed by atoms with Gasteiger partial charge < -0.3 is 10.1 Å². The lowest BCUT2D eigenvalue weighted by Gasteiger charge is -2.06. The van der Waals surface area contributed by atoms with E-state index >= 15 is 0 Å². The van der Waals surface area contributed by atoms with Crippen LogP contribution in [0.15, 0.2) is 36.7 Å². The maximum absolute atomic E-state index is 5.26. The van der Waals surface area contributed by atoms with Crippen molar-refractivity contribution in [3.8, 4) is 17.1 Å².